The van der Waals surface area contributed by atoms with E-state index < -0.39 is 5.97 Å². The Hall–Kier alpha value is -0.924. The van der Waals surface area contributed by atoms with Gasteiger partial charge in [-0.05, 0) is 36.4 Å². The van der Waals surface area contributed by atoms with Crippen LogP contribution in [0.2, 0.25) is 0 Å². The SMILES string of the molecule is COc1ccc(-c2ccc(C(=O)[O-])c(OC)n2)cc1.[K+]. The number of methoxy groups -OCH3 is 2. The van der Waals surface area contributed by atoms with Crippen LogP contribution in [0, 0.1) is 0 Å². The predicted octanol–water partition coefficient (Wildman–Crippen LogP) is -1.87. The zero-order valence-corrected chi connectivity index (χ0v) is 14.7. The van der Waals surface area contributed by atoms with Crippen molar-refractivity contribution < 1.29 is 70.8 Å². The quantitative estimate of drug-likeness (QED) is 0.619. The van der Waals surface area contributed by atoms with E-state index in [9.17, 15) is 9.90 Å². The van der Waals surface area contributed by atoms with Gasteiger partial charge >= 0.3 is 51.4 Å². The fourth-order valence-corrected chi connectivity index (χ4v) is 1.67. The van der Waals surface area contributed by atoms with Gasteiger partial charge in [-0.15, -0.1) is 0 Å². The summed E-state index contributed by atoms with van der Waals surface area (Å²) in [5.74, 6) is -0.541. The Balaban J connectivity index is 0.00000200. The number of aromatic carboxylic acids is 1. The first kappa shape index (κ1) is 17.1. The van der Waals surface area contributed by atoms with E-state index in [0.717, 1.165) is 11.3 Å². The summed E-state index contributed by atoms with van der Waals surface area (Å²) < 4.78 is 10.0. The molecule has 0 unspecified atom stereocenters. The molecule has 0 fully saturated rings. The van der Waals surface area contributed by atoms with Crippen LogP contribution in [0.4, 0.5) is 0 Å². The molecule has 20 heavy (non-hydrogen) atoms. The summed E-state index contributed by atoms with van der Waals surface area (Å²) in [7, 11) is 2.96. The molecule has 0 radical (unpaired) electrons. The first-order valence-corrected chi connectivity index (χ1v) is 5.56. The van der Waals surface area contributed by atoms with Crippen LogP contribution < -0.4 is 66.0 Å². The summed E-state index contributed by atoms with van der Waals surface area (Å²) in [4.78, 5) is 15.0. The molecule has 0 saturated heterocycles. The summed E-state index contributed by atoms with van der Waals surface area (Å²) in [6.07, 6.45) is 0. The minimum atomic E-state index is -1.31. The molecule has 6 heteroatoms. The molecule has 1 aromatic heterocycles. The maximum atomic E-state index is 10.9. The zero-order chi connectivity index (χ0) is 13.8. The van der Waals surface area contributed by atoms with Gasteiger partial charge in [0.05, 0.1) is 31.4 Å². The molecule has 0 bridgehead atoms. The van der Waals surface area contributed by atoms with Crippen LogP contribution in [0.1, 0.15) is 10.4 Å². The number of carbonyl (C=O) groups excluding carboxylic acids is 1. The summed E-state index contributed by atoms with van der Waals surface area (Å²) in [5, 5.41) is 10.9. The molecule has 0 aliphatic heterocycles. The molecule has 0 aliphatic rings. The fraction of sp³-hybridized carbons (Fsp3) is 0.143. The van der Waals surface area contributed by atoms with Gasteiger partial charge in [-0.2, -0.15) is 0 Å². The van der Waals surface area contributed by atoms with Crippen molar-refractivity contribution in [3.05, 3.63) is 42.0 Å². The molecule has 2 aromatic rings. The summed E-state index contributed by atoms with van der Waals surface area (Å²) in [6.45, 7) is 0. The standard InChI is InChI=1S/C14H13NO4.K/c1-18-10-5-3-9(4-6-10)12-8-7-11(14(16)17)13(15-12)19-2;/h3-8H,1-2H3,(H,16,17);/q;+1/p-1. The summed E-state index contributed by atoms with van der Waals surface area (Å²) >= 11 is 0. The largest absolute Gasteiger partial charge is 1.00 e. The second-order valence-electron chi connectivity index (χ2n) is 3.77. The van der Waals surface area contributed by atoms with Gasteiger partial charge in [-0.25, -0.2) is 4.98 Å². The third-order valence-corrected chi connectivity index (χ3v) is 2.66. The van der Waals surface area contributed by atoms with Crippen LogP contribution in [0.25, 0.3) is 11.3 Å². The van der Waals surface area contributed by atoms with Crippen LogP contribution in [0.15, 0.2) is 36.4 Å². The second kappa shape index (κ2) is 7.75. The molecule has 0 atom stereocenters. The van der Waals surface area contributed by atoms with Gasteiger partial charge in [-0.3, -0.25) is 0 Å². The third kappa shape index (κ3) is 3.80. The summed E-state index contributed by atoms with van der Waals surface area (Å²) in [6, 6.07) is 10.3. The molecule has 0 spiro atoms. The molecule has 1 aromatic carbocycles. The van der Waals surface area contributed by atoms with Gasteiger partial charge in [0, 0.05) is 5.56 Å². The van der Waals surface area contributed by atoms with Crippen LogP contribution >= 0.6 is 0 Å². The van der Waals surface area contributed by atoms with Crippen LogP contribution in [-0.4, -0.2) is 25.2 Å². The number of ether oxygens (including phenoxy) is 2. The van der Waals surface area contributed by atoms with Gasteiger partial charge in [-0.1, -0.05) is 0 Å². The minimum Gasteiger partial charge on any atom is -0.545 e. The van der Waals surface area contributed by atoms with Crippen molar-refractivity contribution in [1.82, 2.24) is 4.98 Å². The first-order chi connectivity index (χ1) is 9.15. The average molecular weight is 297 g/mol. The second-order valence-corrected chi connectivity index (χ2v) is 3.77. The molecule has 1 heterocycles. The van der Waals surface area contributed by atoms with Gasteiger partial charge in [0.15, 0.2) is 0 Å². The van der Waals surface area contributed by atoms with Gasteiger partial charge < -0.3 is 19.4 Å². The fourth-order valence-electron chi connectivity index (χ4n) is 1.67. The Morgan fingerprint density at radius 3 is 2.20 bits per heavy atom. The zero-order valence-electron chi connectivity index (χ0n) is 11.5. The van der Waals surface area contributed by atoms with E-state index in [1.807, 2.05) is 12.1 Å². The van der Waals surface area contributed by atoms with Crippen LogP contribution in [-0.2, 0) is 0 Å². The van der Waals surface area contributed by atoms with Gasteiger partial charge in [0.25, 0.3) is 0 Å². The maximum absolute atomic E-state index is 10.9. The Morgan fingerprint density at radius 2 is 1.70 bits per heavy atom. The van der Waals surface area contributed by atoms with Crippen molar-refractivity contribution in [3.63, 3.8) is 0 Å². The van der Waals surface area contributed by atoms with E-state index in [-0.39, 0.29) is 62.8 Å². The van der Waals surface area contributed by atoms with E-state index in [4.69, 9.17) is 9.47 Å². The van der Waals surface area contributed by atoms with E-state index >= 15 is 0 Å². The van der Waals surface area contributed by atoms with Gasteiger partial charge in [0.1, 0.15) is 5.75 Å². The van der Waals surface area contributed by atoms with Crippen molar-refractivity contribution in [2.24, 2.45) is 0 Å². The number of rotatable bonds is 4. The molecule has 0 saturated carbocycles. The topological polar surface area (TPSA) is 71.5 Å². The number of pyridine rings is 1. The number of aromatic nitrogens is 1. The molecular weight excluding hydrogens is 285 g/mol. The molecule has 0 aliphatic carbocycles. The van der Waals surface area contributed by atoms with E-state index in [0.29, 0.717) is 5.69 Å². The van der Waals surface area contributed by atoms with Crippen molar-refractivity contribution >= 4 is 5.97 Å². The van der Waals surface area contributed by atoms with Crippen molar-refractivity contribution in [3.8, 4) is 22.9 Å². The van der Waals surface area contributed by atoms with E-state index in [2.05, 4.69) is 4.98 Å². The normalized spacial score (nSPS) is 9.50. The third-order valence-electron chi connectivity index (χ3n) is 2.66. The van der Waals surface area contributed by atoms with Crippen molar-refractivity contribution in [2.45, 2.75) is 0 Å². The Bertz CT molecular complexity index is 599. The van der Waals surface area contributed by atoms with Crippen LogP contribution in [0.3, 0.4) is 0 Å². The van der Waals surface area contributed by atoms with Crippen molar-refractivity contribution in [1.29, 1.82) is 0 Å². The monoisotopic (exact) mass is 297 g/mol. The Kier molecular flexibility index (Phi) is 6.64. The van der Waals surface area contributed by atoms with Gasteiger partial charge in [0.2, 0.25) is 5.88 Å². The predicted molar refractivity (Wildman–Crippen MR) is 67.1 cm³/mol. The smallest absolute Gasteiger partial charge is 0.545 e. The number of nitrogens with zero attached hydrogens (tertiary/aromatic N) is 1. The number of carboxylic acid groups (broad SMARTS) is 1. The van der Waals surface area contributed by atoms with E-state index in [1.165, 1.54) is 13.2 Å². The Morgan fingerprint density at radius 1 is 1.05 bits per heavy atom. The average Bonchev–Trinajstić information content (AvgIpc) is 2.46. The molecule has 0 amide bonds. The number of hydrogen-bond donors (Lipinski definition) is 0. The number of benzene rings is 1. The molecule has 2 rings (SSSR count). The first-order valence-electron chi connectivity index (χ1n) is 5.56. The van der Waals surface area contributed by atoms with E-state index in [1.54, 1.807) is 25.3 Å². The van der Waals surface area contributed by atoms with Crippen molar-refractivity contribution in [2.75, 3.05) is 14.2 Å². The minimum absolute atomic E-state index is 0. The Labute approximate surface area is 159 Å². The molecule has 0 N–H and O–H groups in total. The number of carboxylic acids is 1. The molecule has 98 valence electrons. The number of hydrogen-bond acceptors (Lipinski definition) is 5. The number of carbonyl (C=O) groups is 1. The maximum Gasteiger partial charge on any atom is 1.00 e. The summed E-state index contributed by atoms with van der Waals surface area (Å²) in [5.41, 5.74) is 1.38. The molecule has 5 nitrogen and oxygen atoms in total. The van der Waals surface area contributed by atoms with Crippen LogP contribution in [0.5, 0.6) is 11.6 Å². The molecular formula is C14H12KNO4.